The zero-order chi connectivity index (χ0) is 14.3. The summed E-state index contributed by atoms with van der Waals surface area (Å²) in [4.78, 5) is 14.3. The first-order chi connectivity index (χ1) is 9.58. The largest absolute Gasteiger partial charge is 0.497 e. The minimum Gasteiger partial charge on any atom is -0.497 e. The van der Waals surface area contributed by atoms with Crippen LogP contribution in [0.5, 0.6) is 5.75 Å². The van der Waals surface area contributed by atoms with E-state index in [2.05, 4.69) is 10.1 Å². The molecule has 0 aliphatic rings. The predicted molar refractivity (Wildman–Crippen MR) is 74.0 cm³/mol. The Labute approximate surface area is 114 Å². The van der Waals surface area contributed by atoms with Crippen LogP contribution in [-0.4, -0.2) is 33.0 Å². The van der Waals surface area contributed by atoms with Gasteiger partial charge in [-0.3, -0.25) is 4.68 Å². The maximum Gasteiger partial charge on any atom is 0.354 e. The van der Waals surface area contributed by atoms with Gasteiger partial charge in [-0.2, -0.15) is 5.10 Å². The molecule has 0 bridgehead atoms. The van der Waals surface area contributed by atoms with Crippen molar-refractivity contribution in [3.05, 3.63) is 36.0 Å². The van der Waals surface area contributed by atoms with E-state index in [0.717, 1.165) is 22.3 Å². The number of nitrogens with one attached hydrogen (secondary N) is 1. The molecule has 0 radical (unpaired) electrons. The lowest BCUT2D eigenvalue weighted by atomic mass is 10.2. The van der Waals surface area contributed by atoms with Crippen molar-refractivity contribution in [3.8, 4) is 17.1 Å². The highest BCUT2D eigenvalue weighted by atomic mass is 16.5. The first kappa shape index (κ1) is 12.3. The molecule has 0 saturated heterocycles. The summed E-state index contributed by atoms with van der Waals surface area (Å²) in [5.74, 6) is -0.223. The summed E-state index contributed by atoms with van der Waals surface area (Å²) >= 11 is 0. The number of carbonyl (C=O) groups is 1. The molecule has 2 heterocycles. The highest BCUT2D eigenvalue weighted by Gasteiger charge is 2.14. The summed E-state index contributed by atoms with van der Waals surface area (Å²) in [6.07, 6.45) is 0. The predicted octanol–water partition coefficient (Wildman–Crippen LogP) is 2.28. The second-order valence-electron chi connectivity index (χ2n) is 4.48. The van der Waals surface area contributed by atoms with Crippen molar-refractivity contribution >= 4 is 16.9 Å². The fourth-order valence-corrected chi connectivity index (χ4v) is 2.17. The van der Waals surface area contributed by atoms with Crippen LogP contribution < -0.4 is 4.74 Å². The fraction of sp³-hybridized carbons (Fsp3) is 0.143. The summed E-state index contributed by atoms with van der Waals surface area (Å²) < 4.78 is 6.53. The molecule has 3 rings (SSSR count). The monoisotopic (exact) mass is 271 g/mol. The number of carboxylic acid groups (broad SMARTS) is 1. The van der Waals surface area contributed by atoms with Gasteiger partial charge in [0.2, 0.25) is 0 Å². The van der Waals surface area contributed by atoms with E-state index in [1.165, 1.54) is 4.68 Å². The lowest BCUT2D eigenvalue weighted by Crippen LogP contribution is -2.04. The third-order valence-electron chi connectivity index (χ3n) is 3.20. The average molecular weight is 271 g/mol. The first-order valence-electron chi connectivity index (χ1n) is 6.03. The Bertz CT molecular complexity index is 801. The van der Waals surface area contributed by atoms with Crippen LogP contribution in [0.2, 0.25) is 0 Å². The number of aromatic nitrogens is 3. The highest BCUT2D eigenvalue weighted by Crippen LogP contribution is 2.26. The number of methoxy groups -OCH3 is 1. The summed E-state index contributed by atoms with van der Waals surface area (Å²) in [5.41, 5.74) is 2.47. The number of aromatic carboxylic acids is 1. The molecule has 6 nitrogen and oxygen atoms in total. The lowest BCUT2D eigenvalue weighted by Gasteiger charge is -1.97. The van der Waals surface area contributed by atoms with Crippen LogP contribution in [-0.2, 0) is 7.05 Å². The van der Waals surface area contributed by atoms with Crippen LogP contribution in [0.15, 0.2) is 30.3 Å². The van der Waals surface area contributed by atoms with Gasteiger partial charge < -0.3 is 14.8 Å². The number of benzene rings is 1. The molecule has 20 heavy (non-hydrogen) atoms. The number of nitrogens with zero attached hydrogens (tertiary/aromatic N) is 2. The van der Waals surface area contributed by atoms with E-state index in [1.54, 1.807) is 20.2 Å². The number of hydrogen-bond acceptors (Lipinski definition) is 3. The van der Waals surface area contributed by atoms with Crippen molar-refractivity contribution in [2.75, 3.05) is 7.11 Å². The van der Waals surface area contributed by atoms with E-state index in [9.17, 15) is 4.79 Å². The molecule has 0 saturated carbocycles. The Hall–Kier alpha value is -2.76. The molecular weight excluding hydrogens is 258 g/mol. The molecule has 2 aromatic heterocycles. The van der Waals surface area contributed by atoms with E-state index in [4.69, 9.17) is 9.84 Å². The number of ether oxygens (including phenoxy) is 1. The zero-order valence-electron chi connectivity index (χ0n) is 11.0. The van der Waals surface area contributed by atoms with E-state index in [0.29, 0.717) is 5.69 Å². The summed E-state index contributed by atoms with van der Waals surface area (Å²) in [6, 6.07) is 9.16. The minimum atomic E-state index is -0.996. The van der Waals surface area contributed by atoms with Gasteiger partial charge in [0.15, 0.2) is 0 Å². The molecule has 0 spiro atoms. The van der Waals surface area contributed by atoms with E-state index in [-0.39, 0.29) is 5.69 Å². The van der Waals surface area contributed by atoms with Crippen LogP contribution >= 0.6 is 0 Å². The summed E-state index contributed by atoms with van der Waals surface area (Å²) in [5, 5.41) is 14.2. The van der Waals surface area contributed by atoms with Gasteiger partial charge in [-0.1, -0.05) is 0 Å². The quantitative estimate of drug-likeness (QED) is 0.765. The molecule has 3 aromatic rings. The van der Waals surface area contributed by atoms with Crippen LogP contribution in [0, 0.1) is 0 Å². The van der Waals surface area contributed by atoms with Gasteiger partial charge in [-0.25, -0.2) is 4.79 Å². The van der Waals surface area contributed by atoms with E-state index in [1.807, 2.05) is 24.3 Å². The zero-order valence-corrected chi connectivity index (χ0v) is 11.0. The molecule has 1 aromatic carbocycles. The van der Waals surface area contributed by atoms with E-state index < -0.39 is 5.97 Å². The molecule has 2 N–H and O–H groups in total. The van der Waals surface area contributed by atoms with Gasteiger partial charge in [-0.15, -0.1) is 0 Å². The first-order valence-corrected chi connectivity index (χ1v) is 6.03. The Morgan fingerprint density at radius 1 is 1.35 bits per heavy atom. The third-order valence-corrected chi connectivity index (χ3v) is 3.20. The number of H-pyrrole nitrogens is 1. The van der Waals surface area contributed by atoms with Gasteiger partial charge >= 0.3 is 5.97 Å². The Morgan fingerprint density at radius 3 is 2.80 bits per heavy atom. The van der Waals surface area contributed by atoms with Crippen molar-refractivity contribution < 1.29 is 14.6 Å². The molecule has 102 valence electrons. The number of rotatable bonds is 3. The maximum absolute atomic E-state index is 11.0. The molecule has 0 fully saturated rings. The van der Waals surface area contributed by atoms with E-state index >= 15 is 0 Å². The SMILES string of the molecule is COc1ccc2[nH]c(-c3cc(C(=O)O)n(C)n3)cc2c1. The van der Waals surface area contributed by atoms with Crippen LogP contribution in [0.3, 0.4) is 0 Å². The van der Waals surface area contributed by atoms with Gasteiger partial charge in [-0.05, 0) is 24.3 Å². The minimum absolute atomic E-state index is 0.149. The lowest BCUT2D eigenvalue weighted by molar-refractivity contribution is 0.0685. The smallest absolute Gasteiger partial charge is 0.354 e. The second kappa shape index (κ2) is 4.41. The topological polar surface area (TPSA) is 80.1 Å². The van der Waals surface area contributed by atoms with Crippen molar-refractivity contribution in [2.24, 2.45) is 7.05 Å². The fourth-order valence-electron chi connectivity index (χ4n) is 2.17. The van der Waals surface area contributed by atoms with Crippen LogP contribution in [0.1, 0.15) is 10.5 Å². The van der Waals surface area contributed by atoms with Gasteiger partial charge in [0.25, 0.3) is 0 Å². The summed E-state index contributed by atoms with van der Waals surface area (Å²) in [7, 11) is 3.23. The molecule has 0 aliphatic heterocycles. The Kier molecular flexibility index (Phi) is 2.71. The Morgan fingerprint density at radius 2 is 2.15 bits per heavy atom. The summed E-state index contributed by atoms with van der Waals surface area (Å²) in [6.45, 7) is 0. The second-order valence-corrected chi connectivity index (χ2v) is 4.48. The van der Waals surface area contributed by atoms with Crippen LogP contribution in [0.4, 0.5) is 0 Å². The average Bonchev–Trinajstić information content (AvgIpc) is 3.00. The number of aryl methyl sites for hydroxylation is 1. The van der Waals surface area contributed by atoms with Crippen LogP contribution in [0.25, 0.3) is 22.3 Å². The van der Waals surface area contributed by atoms with Crippen molar-refractivity contribution in [3.63, 3.8) is 0 Å². The van der Waals surface area contributed by atoms with Gasteiger partial charge in [0.05, 0.1) is 12.8 Å². The Balaban J connectivity index is 2.10. The van der Waals surface area contributed by atoms with Crippen molar-refractivity contribution in [1.82, 2.24) is 14.8 Å². The number of aromatic amines is 1. The van der Waals surface area contributed by atoms with Crippen molar-refractivity contribution in [2.45, 2.75) is 0 Å². The molecule has 0 amide bonds. The number of hydrogen-bond donors (Lipinski definition) is 2. The number of carboxylic acids is 1. The van der Waals surface area contributed by atoms with Gasteiger partial charge in [0.1, 0.15) is 17.1 Å². The maximum atomic E-state index is 11.0. The molecule has 6 heteroatoms. The molecule has 0 aliphatic carbocycles. The van der Waals surface area contributed by atoms with Crippen molar-refractivity contribution in [1.29, 1.82) is 0 Å². The molecular formula is C14H13N3O3. The standard InChI is InChI=1S/C14H13N3O3/c1-17-13(14(18)19)7-12(16-17)11-6-8-5-9(20-2)3-4-10(8)15-11/h3-7,15H,1-2H3,(H,18,19). The molecule has 0 unspecified atom stereocenters. The highest BCUT2D eigenvalue weighted by molar-refractivity contribution is 5.89. The normalized spacial score (nSPS) is 10.9. The van der Waals surface area contributed by atoms with Gasteiger partial charge in [0, 0.05) is 24.0 Å². The third kappa shape index (κ3) is 1.91. The molecule has 0 atom stereocenters. The number of fused-ring (bicyclic) bond motifs is 1.